The van der Waals surface area contributed by atoms with Gasteiger partial charge in [-0.15, -0.1) is 5.10 Å². The standard InChI is InChI=1S/C33H32FN9O3/c1-3-43-24(17-36-39-43)18-42-27-14-22(33(44)45-2)9-10-26(27)37-31(42)19-40-11-12-41(29-15-28(29)40)30-5-4-6-32(38-30)46-20-23-8-7-21(16-35)13-25(23)34/h4-10,13-14,17,28-29H,3,11-12,15,18-20H2,1-2H3. The molecule has 2 aliphatic rings. The van der Waals surface area contributed by atoms with Gasteiger partial charge < -0.3 is 18.9 Å². The quantitative estimate of drug-likeness (QED) is 0.212. The Morgan fingerprint density at radius 3 is 2.78 bits per heavy atom. The topological polar surface area (TPSA) is 127 Å². The van der Waals surface area contributed by atoms with Gasteiger partial charge in [0.05, 0.1) is 60.3 Å². The number of nitrogens with zero attached hydrogens (tertiary/aromatic N) is 9. The molecule has 4 heterocycles. The van der Waals surface area contributed by atoms with Gasteiger partial charge in [-0.05, 0) is 49.7 Å². The summed E-state index contributed by atoms with van der Waals surface area (Å²) < 4.78 is 29.2. The van der Waals surface area contributed by atoms with Crippen LogP contribution in [0.1, 0.15) is 46.3 Å². The van der Waals surface area contributed by atoms with Gasteiger partial charge in [-0.2, -0.15) is 10.2 Å². The lowest BCUT2D eigenvalue weighted by Gasteiger charge is -2.34. The molecule has 3 aromatic heterocycles. The van der Waals surface area contributed by atoms with E-state index in [0.29, 0.717) is 48.7 Å². The molecule has 0 radical (unpaired) electrons. The van der Waals surface area contributed by atoms with E-state index in [9.17, 15) is 9.18 Å². The van der Waals surface area contributed by atoms with Crippen LogP contribution in [0.2, 0.25) is 0 Å². The molecule has 2 unspecified atom stereocenters. The molecule has 2 fully saturated rings. The van der Waals surface area contributed by atoms with Crippen LogP contribution in [0.3, 0.4) is 0 Å². The van der Waals surface area contributed by atoms with Crippen LogP contribution in [-0.2, 0) is 31.0 Å². The number of nitriles is 1. The highest BCUT2D eigenvalue weighted by Crippen LogP contribution is 2.40. The smallest absolute Gasteiger partial charge is 0.337 e. The molecule has 0 spiro atoms. The minimum atomic E-state index is -0.475. The molecular weight excluding hydrogens is 589 g/mol. The summed E-state index contributed by atoms with van der Waals surface area (Å²) in [6, 6.07) is 18.0. The Hall–Kier alpha value is -5.35. The number of esters is 1. The SMILES string of the molecule is CCn1nncc1Cn1c(CN2CCN(c3cccc(OCc4ccc(C#N)cc4F)n3)C3CC32)nc2ccc(C(=O)OC)cc21. The number of fused-ring (bicyclic) bond motifs is 2. The first-order valence-electron chi connectivity index (χ1n) is 15.2. The Morgan fingerprint density at radius 2 is 1.98 bits per heavy atom. The number of pyridine rings is 1. The highest BCUT2D eigenvalue weighted by molar-refractivity contribution is 5.93. The molecule has 2 atom stereocenters. The van der Waals surface area contributed by atoms with E-state index in [1.165, 1.54) is 13.2 Å². The number of hydrogen-bond donors (Lipinski definition) is 0. The van der Waals surface area contributed by atoms with Crippen molar-refractivity contribution in [2.24, 2.45) is 0 Å². The third-order valence-corrected chi connectivity index (χ3v) is 8.69. The maximum absolute atomic E-state index is 14.3. The Kier molecular flexibility index (Phi) is 7.79. The average Bonchev–Trinajstić information content (AvgIpc) is 3.65. The highest BCUT2D eigenvalue weighted by Gasteiger charge is 2.49. The Balaban J connectivity index is 1.07. The van der Waals surface area contributed by atoms with Gasteiger partial charge in [0.1, 0.15) is 24.1 Å². The molecule has 5 aromatic rings. The van der Waals surface area contributed by atoms with E-state index >= 15 is 0 Å². The minimum absolute atomic E-state index is 0.0189. The predicted octanol–water partition coefficient (Wildman–Crippen LogP) is 3.93. The van der Waals surface area contributed by atoms with Gasteiger partial charge in [-0.3, -0.25) is 4.90 Å². The normalized spacial score (nSPS) is 17.5. The van der Waals surface area contributed by atoms with Crippen LogP contribution in [0.15, 0.2) is 60.8 Å². The van der Waals surface area contributed by atoms with Crippen LogP contribution in [0.25, 0.3) is 11.0 Å². The average molecular weight is 622 g/mol. The lowest BCUT2D eigenvalue weighted by molar-refractivity contribution is 0.0601. The van der Waals surface area contributed by atoms with Crippen molar-refractivity contribution in [3.63, 3.8) is 0 Å². The van der Waals surface area contributed by atoms with Gasteiger partial charge in [0.25, 0.3) is 0 Å². The van der Waals surface area contributed by atoms with Gasteiger partial charge in [0.15, 0.2) is 0 Å². The fourth-order valence-electron chi connectivity index (χ4n) is 6.20. The van der Waals surface area contributed by atoms with Crippen molar-refractivity contribution in [3.05, 3.63) is 94.8 Å². The number of benzene rings is 2. The van der Waals surface area contributed by atoms with Gasteiger partial charge in [-0.1, -0.05) is 17.3 Å². The highest BCUT2D eigenvalue weighted by atomic mass is 19.1. The number of imidazole rings is 1. The molecule has 1 aliphatic heterocycles. The summed E-state index contributed by atoms with van der Waals surface area (Å²) in [5.74, 6) is 1.29. The number of rotatable bonds is 10. The number of ether oxygens (including phenoxy) is 2. The van der Waals surface area contributed by atoms with Gasteiger partial charge in [0, 0.05) is 43.3 Å². The first-order valence-corrected chi connectivity index (χ1v) is 15.2. The number of anilines is 1. The van der Waals surface area contributed by atoms with Crippen molar-refractivity contribution in [2.75, 3.05) is 25.1 Å². The summed E-state index contributed by atoms with van der Waals surface area (Å²) in [7, 11) is 1.38. The summed E-state index contributed by atoms with van der Waals surface area (Å²) in [4.78, 5) is 26.9. The molecule has 0 N–H and O–H groups in total. The molecular formula is C33H32FN9O3. The molecule has 1 saturated heterocycles. The monoisotopic (exact) mass is 621 g/mol. The number of halogens is 1. The van der Waals surface area contributed by atoms with E-state index in [1.54, 1.807) is 30.5 Å². The zero-order valence-electron chi connectivity index (χ0n) is 25.5. The first-order chi connectivity index (χ1) is 22.4. The summed E-state index contributed by atoms with van der Waals surface area (Å²) in [5, 5.41) is 17.3. The molecule has 1 saturated carbocycles. The maximum Gasteiger partial charge on any atom is 0.337 e. The molecule has 1 aliphatic carbocycles. The number of aromatic nitrogens is 6. The van der Waals surface area contributed by atoms with Gasteiger partial charge in [-0.25, -0.2) is 18.9 Å². The second-order valence-corrected chi connectivity index (χ2v) is 11.4. The van der Waals surface area contributed by atoms with Crippen molar-refractivity contribution in [1.82, 2.24) is 34.4 Å². The second-order valence-electron chi connectivity index (χ2n) is 11.4. The van der Waals surface area contributed by atoms with E-state index < -0.39 is 11.8 Å². The number of piperazine rings is 1. The lowest BCUT2D eigenvalue weighted by Crippen LogP contribution is -2.46. The number of hydrogen-bond acceptors (Lipinski definition) is 10. The largest absolute Gasteiger partial charge is 0.473 e. The van der Waals surface area contributed by atoms with E-state index in [1.807, 2.05) is 41.9 Å². The van der Waals surface area contributed by atoms with Crippen molar-refractivity contribution in [1.29, 1.82) is 5.26 Å². The fraction of sp³-hybridized carbons (Fsp3) is 0.333. The van der Waals surface area contributed by atoms with Gasteiger partial charge >= 0.3 is 5.97 Å². The van der Waals surface area contributed by atoms with Crippen molar-refractivity contribution in [3.8, 4) is 11.9 Å². The summed E-state index contributed by atoms with van der Waals surface area (Å²) in [6.07, 6.45) is 2.77. The van der Waals surface area contributed by atoms with Crippen molar-refractivity contribution in [2.45, 2.75) is 51.7 Å². The van der Waals surface area contributed by atoms with Crippen molar-refractivity contribution < 1.29 is 18.7 Å². The number of aryl methyl sites for hydroxylation is 1. The fourth-order valence-corrected chi connectivity index (χ4v) is 6.20. The Morgan fingerprint density at radius 1 is 1.09 bits per heavy atom. The molecule has 12 nitrogen and oxygen atoms in total. The molecule has 234 valence electrons. The first kappa shape index (κ1) is 29.4. The van der Waals surface area contributed by atoms with Crippen LogP contribution in [0, 0.1) is 17.1 Å². The molecule has 0 amide bonds. The molecule has 46 heavy (non-hydrogen) atoms. The van der Waals surface area contributed by atoms with E-state index in [2.05, 4.69) is 24.7 Å². The number of carbonyl (C=O) groups is 1. The molecule has 7 rings (SSSR count). The van der Waals surface area contributed by atoms with Crippen LogP contribution in [-0.4, -0.2) is 72.7 Å². The molecule has 13 heteroatoms. The van der Waals surface area contributed by atoms with E-state index in [-0.39, 0.29) is 12.2 Å². The number of carbonyl (C=O) groups excluding carboxylic acids is 1. The van der Waals surface area contributed by atoms with E-state index in [4.69, 9.17) is 24.7 Å². The maximum atomic E-state index is 14.3. The zero-order valence-corrected chi connectivity index (χ0v) is 25.5. The summed E-state index contributed by atoms with van der Waals surface area (Å²) >= 11 is 0. The zero-order chi connectivity index (χ0) is 31.8. The van der Waals surface area contributed by atoms with E-state index in [0.717, 1.165) is 47.9 Å². The Labute approximate surface area is 264 Å². The van der Waals surface area contributed by atoms with Crippen LogP contribution in [0.4, 0.5) is 10.2 Å². The predicted molar refractivity (Wildman–Crippen MR) is 166 cm³/mol. The van der Waals surface area contributed by atoms with Crippen LogP contribution in [0.5, 0.6) is 5.88 Å². The Bertz CT molecular complexity index is 1970. The summed E-state index contributed by atoms with van der Waals surface area (Å²) in [5.41, 5.74) is 3.73. The molecule has 0 bridgehead atoms. The van der Waals surface area contributed by atoms with Crippen LogP contribution < -0.4 is 9.64 Å². The van der Waals surface area contributed by atoms with Crippen LogP contribution >= 0.6 is 0 Å². The third-order valence-electron chi connectivity index (χ3n) is 8.69. The lowest BCUT2D eigenvalue weighted by atomic mass is 10.1. The van der Waals surface area contributed by atoms with Gasteiger partial charge in [0.2, 0.25) is 5.88 Å². The summed E-state index contributed by atoms with van der Waals surface area (Å²) in [6.45, 7) is 5.51. The third kappa shape index (κ3) is 5.63. The second kappa shape index (κ2) is 12.2. The minimum Gasteiger partial charge on any atom is -0.473 e. The molecule has 2 aromatic carbocycles. The van der Waals surface area contributed by atoms with Crippen molar-refractivity contribution >= 4 is 22.8 Å². The number of methoxy groups -OCH3 is 1.